The zero-order chi connectivity index (χ0) is 15.4. The standard InChI is InChI=1S/C17H22N4/c1-11-8-12(2)16(13(3)9-11)6-7-18-21-17-19-14(4)10-15(5)20-17/h7-10H,6H2,1-5H3,(H,19,20,21). The van der Waals surface area contributed by atoms with Crippen molar-refractivity contribution in [3.63, 3.8) is 0 Å². The van der Waals surface area contributed by atoms with E-state index >= 15 is 0 Å². The van der Waals surface area contributed by atoms with Gasteiger partial charge in [-0.15, -0.1) is 0 Å². The Morgan fingerprint density at radius 3 is 2.10 bits per heavy atom. The van der Waals surface area contributed by atoms with E-state index in [0.717, 1.165) is 17.8 Å². The fraction of sp³-hybridized carbons (Fsp3) is 0.353. The molecule has 1 heterocycles. The molecule has 2 rings (SSSR count). The van der Waals surface area contributed by atoms with E-state index in [2.05, 4.69) is 53.4 Å². The molecular formula is C17H22N4. The van der Waals surface area contributed by atoms with Crippen molar-refractivity contribution in [1.29, 1.82) is 0 Å². The van der Waals surface area contributed by atoms with Gasteiger partial charge in [0.05, 0.1) is 0 Å². The molecule has 0 amide bonds. The van der Waals surface area contributed by atoms with Crippen LogP contribution in [0.4, 0.5) is 5.95 Å². The zero-order valence-electron chi connectivity index (χ0n) is 13.4. The number of hydrazone groups is 1. The van der Waals surface area contributed by atoms with E-state index in [-0.39, 0.29) is 0 Å². The molecule has 0 aliphatic rings. The molecule has 1 aromatic carbocycles. The molecule has 0 radical (unpaired) electrons. The van der Waals surface area contributed by atoms with Crippen molar-refractivity contribution in [3.05, 3.63) is 51.8 Å². The maximum absolute atomic E-state index is 4.29. The first kappa shape index (κ1) is 15.2. The summed E-state index contributed by atoms with van der Waals surface area (Å²) in [6, 6.07) is 6.35. The summed E-state index contributed by atoms with van der Waals surface area (Å²) in [5, 5.41) is 4.22. The molecule has 2 aromatic rings. The maximum Gasteiger partial charge on any atom is 0.243 e. The predicted molar refractivity (Wildman–Crippen MR) is 88.0 cm³/mol. The lowest BCUT2D eigenvalue weighted by atomic mass is 9.98. The number of nitrogens with one attached hydrogen (secondary N) is 1. The van der Waals surface area contributed by atoms with Gasteiger partial charge in [0.25, 0.3) is 0 Å². The lowest BCUT2D eigenvalue weighted by Crippen LogP contribution is -2.01. The van der Waals surface area contributed by atoms with Crippen LogP contribution in [-0.2, 0) is 6.42 Å². The summed E-state index contributed by atoms with van der Waals surface area (Å²) >= 11 is 0. The van der Waals surface area contributed by atoms with Crippen molar-refractivity contribution >= 4 is 12.2 Å². The predicted octanol–water partition coefficient (Wildman–Crippen LogP) is 3.66. The number of rotatable bonds is 4. The van der Waals surface area contributed by atoms with E-state index < -0.39 is 0 Å². The van der Waals surface area contributed by atoms with Gasteiger partial charge in [-0.3, -0.25) is 0 Å². The molecule has 0 aliphatic heterocycles. The second kappa shape index (κ2) is 6.48. The Morgan fingerprint density at radius 2 is 1.52 bits per heavy atom. The van der Waals surface area contributed by atoms with Gasteiger partial charge in [-0.05, 0) is 57.4 Å². The third-order valence-electron chi connectivity index (χ3n) is 3.37. The van der Waals surface area contributed by atoms with Crippen molar-refractivity contribution in [2.75, 3.05) is 5.43 Å². The molecule has 0 unspecified atom stereocenters. The average molecular weight is 282 g/mol. The third kappa shape index (κ3) is 4.12. The first-order valence-corrected chi connectivity index (χ1v) is 7.12. The molecule has 0 saturated carbocycles. The molecule has 4 heteroatoms. The number of benzene rings is 1. The lowest BCUT2D eigenvalue weighted by Gasteiger charge is -2.08. The Morgan fingerprint density at radius 1 is 0.952 bits per heavy atom. The Bertz CT molecular complexity index is 631. The smallest absolute Gasteiger partial charge is 0.243 e. The van der Waals surface area contributed by atoms with Gasteiger partial charge >= 0.3 is 0 Å². The van der Waals surface area contributed by atoms with Crippen molar-refractivity contribution in [3.8, 4) is 0 Å². The quantitative estimate of drug-likeness (QED) is 0.687. The Kier molecular flexibility index (Phi) is 4.68. The van der Waals surface area contributed by atoms with Crippen LogP contribution < -0.4 is 5.43 Å². The van der Waals surface area contributed by atoms with E-state index in [1.807, 2.05) is 26.1 Å². The van der Waals surface area contributed by atoms with Crippen LogP contribution in [0.5, 0.6) is 0 Å². The van der Waals surface area contributed by atoms with Crippen LogP contribution in [0.1, 0.15) is 33.6 Å². The molecule has 0 aliphatic carbocycles. The Balaban J connectivity index is 2.03. The van der Waals surface area contributed by atoms with Gasteiger partial charge in [-0.2, -0.15) is 5.10 Å². The summed E-state index contributed by atoms with van der Waals surface area (Å²) < 4.78 is 0. The van der Waals surface area contributed by atoms with Crippen LogP contribution in [-0.4, -0.2) is 16.2 Å². The third-order valence-corrected chi connectivity index (χ3v) is 3.37. The van der Waals surface area contributed by atoms with Gasteiger partial charge in [0.1, 0.15) is 0 Å². The maximum atomic E-state index is 4.29. The summed E-state index contributed by atoms with van der Waals surface area (Å²) in [5.74, 6) is 0.543. The van der Waals surface area contributed by atoms with E-state index in [1.54, 1.807) is 0 Å². The molecular weight excluding hydrogens is 260 g/mol. The first-order chi connectivity index (χ1) is 9.95. The average Bonchev–Trinajstić information content (AvgIpc) is 2.35. The van der Waals surface area contributed by atoms with Gasteiger partial charge in [0.2, 0.25) is 5.95 Å². The van der Waals surface area contributed by atoms with Crippen molar-refractivity contribution < 1.29 is 0 Å². The van der Waals surface area contributed by atoms with E-state index in [1.165, 1.54) is 22.3 Å². The van der Waals surface area contributed by atoms with E-state index in [0.29, 0.717) is 5.95 Å². The van der Waals surface area contributed by atoms with Gasteiger partial charge in [-0.1, -0.05) is 17.7 Å². The van der Waals surface area contributed by atoms with Crippen LogP contribution in [0, 0.1) is 34.6 Å². The topological polar surface area (TPSA) is 50.2 Å². The summed E-state index contributed by atoms with van der Waals surface area (Å²) in [4.78, 5) is 8.58. The normalized spacial score (nSPS) is 11.1. The van der Waals surface area contributed by atoms with Crippen LogP contribution in [0.15, 0.2) is 23.3 Å². The molecule has 0 fully saturated rings. The fourth-order valence-corrected chi connectivity index (χ4v) is 2.55. The lowest BCUT2D eigenvalue weighted by molar-refractivity contribution is 1.03. The Labute approximate surface area is 126 Å². The molecule has 21 heavy (non-hydrogen) atoms. The fourth-order valence-electron chi connectivity index (χ4n) is 2.55. The van der Waals surface area contributed by atoms with E-state index in [9.17, 15) is 0 Å². The molecule has 0 atom stereocenters. The number of aryl methyl sites for hydroxylation is 5. The summed E-state index contributed by atoms with van der Waals surface area (Å²) in [6.45, 7) is 10.3. The molecule has 0 spiro atoms. The first-order valence-electron chi connectivity index (χ1n) is 7.12. The minimum Gasteiger partial charge on any atom is -0.245 e. The Hall–Kier alpha value is -2.23. The van der Waals surface area contributed by atoms with Gasteiger partial charge in [-0.25, -0.2) is 15.4 Å². The van der Waals surface area contributed by atoms with Crippen LogP contribution >= 0.6 is 0 Å². The number of aromatic nitrogens is 2. The highest BCUT2D eigenvalue weighted by Crippen LogP contribution is 2.16. The highest BCUT2D eigenvalue weighted by molar-refractivity contribution is 5.64. The second-order valence-corrected chi connectivity index (χ2v) is 5.48. The van der Waals surface area contributed by atoms with Crippen molar-refractivity contribution in [2.24, 2.45) is 5.10 Å². The number of hydrogen-bond donors (Lipinski definition) is 1. The number of nitrogens with zero attached hydrogens (tertiary/aromatic N) is 3. The van der Waals surface area contributed by atoms with Crippen molar-refractivity contribution in [2.45, 2.75) is 41.0 Å². The SMILES string of the molecule is Cc1cc(C)c(CC=NNc2nc(C)cc(C)n2)c(C)c1. The molecule has 1 N–H and O–H groups in total. The molecule has 1 aromatic heterocycles. The van der Waals surface area contributed by atoms with Gasteiger partial charge in [0, 0.05) is 24.0 Å². The number of hydrogen-bond acceptors (Lipinski definition) is 4. The molecule has 110 valence electrons. The minimum atomic E-state index is 0.543. The summed E-state index contributed by atoms with van der Waals surface area (Å²) in [5.41, 5.74) is 10.0. The highest BCUT2D eigenvalue weighted by atomic mass is 15.3. The molecule has 0 saturated heterocycles. The zero-order valence-corrected chi connectivity index (χ0v) is 13.4. The monoisotopic (exact) mass is 282 g/mol. The number of anilines is 1. The van der Waals surface area contributed by atoms with E-state index in [4.69, 9.17) is 0 Å². The van der Waals surface area contributed by atoms with Gasteiger partial charge < -0.3 is 0 Å². The second-order valence-electron chi connectivity index (χ2n) is 5.48. The molecule has 4 nitrogen and oxygen atoms in total. The van der Waals surface area contributed by atoms with Gasteiger partial charge in [0.15, 0.2) is 0 Å². The van der Waals surface area contributed by atoms with Crippen LogP contribution in [0.25, 0.3) is 0 Å². The van der Waals surface area contributed by atoms with Crippen molar-refractivity contribution in [1.82, 2.24) is 9.97 Å². The summed E-state index contributed by atoms with van der Waals surface area (Å²) in [6.07, 6.45) is 2.67. The van der Waals surface area contributed by atoms with Crippen LogP contribution in [0.2, 0.25) is 0 Å². The summed E-state index contributed by atoms with van der Waals surface area (Å²) in [7, 11) is 0. The largest absolute Gasteiger partial charge is 0.245 e. The van der Waals surface area contributed by atoms with Crippen LogP contribution in [0.3, 0.4) is 0 Å². The minimum absolute atomic E-state index is 0.543. The molecule has 0 bridgehead atoms. The highest BCUT2D eigenvalue weighted by Gasteiger charge is 2.02.